The maximum absolute atomic E-state index is 4.72. The molecule has 0 atom stereocenters. The fourth-order valence-electron chi connectivity index (χ4n) is 2.39. The Kier molecular flexibility index (Phi) is 3.69. The number of imidazole rings is 1. The number of benzene rings is 2. The monoisotopic (exact) mass is 274 g/mol. The highest BCUT2D eigenvalue weighted by molar-refractivity contribution is 5.80. The molecule has 0 aliphatic carbocycles. The normalized spacial score (nSPS) is 11.3. The number of allylic oxidation sites excluding steroid dienone is 1. The van der Waals surface area contributed by atoms with Gasteiger partial charge in [-0.05, 0) is 30.7 Å². The average molecular weight is 274 g/mol. The highest BCUT2D eigenvalue weighted by atomic mass is 15.1. The second kappa shape index (κ2) is 5.80. The minimum Gasteiger partial charge on any atom is -0.320 e. The fourth-order valence-corrected chi connectivity index (χ4v) is 2.39. The first-order valence-corrected chi connectivity index (χ1v) is 7.07. The molecule has 2 aromatic carbocycles. The van der Waals surface area contributed by atoms with Crippen molar-refractivity contribution >= 4 is 23.2 Å². The molecule has 104 valence electrons. The number of rotatable bonds is 4. The van der Waals surface area contributed by atoms with Crippen LogP contribution in [0, 0.1) is 0 Å². The van der Waals surface area contributed by atoms with Crippen molar-refractivity contribution in [3.63, 3.8) is 0 Å². The van der Waals surface area contributed by atoms with E-state index in [0.29, 0.717) is 0 Å². The van der Waals surface area contributed by atoms with E-state index in [0.717, 1.165) is 29.0 Å². The van der Waals surface area contributed by atoms with Crippen LogP contribution in [0.1, 0.15) is 18.3 Å². The molecule has 21 heavy (non-hydrogen) atoms. The van der Waals surface area contributed by atoms with Crippen LogP contribution in [-0.2, 0) is 6.54 Å². The van der Waals surface area contributed by atoms with Gasteiger partial charge in [0.1, 0.15) is 5.82 Å². The molecule has 1 aromatic heterocycles. The highest BCUT2D eigenvalue weighted by Gasteiger charge is 2.07. The van der Waals surface area contributed by atoms with Gasteiger partial charge >= 0.3 is 0 Å². The number of fused-ring (bicyclic) bond motifs is 1. The zero-order chi connectivity index (χ0) is 14.7. The summed E-state index contributed by atoms with van der Waals surface area (Å²) < 4.78 is 2.21. The summed E-state index contributed by atoms with van der Waals surface area (Å²) in [6.07, 6.45) is 4.16. The molecular weight excluding hydrogens is 256 g/mol. The molecule has 0 N–H and O–H groups in total. The predicted molar refractivity (Wildman–Crippen MR) is 89.9 cm³/mol. The van der Waals surface area contributed by atoms with Gasteiger partial charge in [0.2, 0.25) is 0 Å². The summed E-state index contributed by atoms with van der Waals surface area (Å²) in [6, 6.07) is 18.5. The molecule has 0 radical (unpaired) electrons. The number of aromatic nitrogens is 2. The van der Waals surface area contributed by atoms with Gasteiger partial charge in [-0.3, -0.25) is 0 Å². The highest BCUT2D eigenvalue weighted by Crippen LogP contribution is 2.19. The summed E-state index contributed by atoms with van der Waals surface area (Å²) in [7, 11) is 0. The van der Waals surface area contributed by atoms with Gasteiger partial charge in [-0.25, -0.2) is 4.98 Å². The van der Waals surface area contributed by atoms with E-state index in [9.17, 15) is 0 Å². The molecule has 0 spiro atoms. The molecular formula is C19H18N2. The first-order valence-electron chi connectivity index (χ1n) is 7.07. The van der Waals surface area contributed by atoms with Crippen molar-refractivity contribution in [3.05, 3.63) is 78.1 Å². The van der Waals surface area contributed by atoms with Crippen LogP contribution in [0.15, 0.2) is 66.7 Å². The van der Waals surface area contributed by atoms with Gasteiger partial charge in [-0.2, -0.15) is 0 Å². The van der Waals surface area contributed by atoms with Crippen LogP contribution >= 0.6 is 0 Å². The van der Waals surface area contributed by atoms with Crippen LogP contribution in [0.5, 0.6) is 0 Å². The molecule has 0 amide bonds. The second-order valence-corrected chi connectivity index (χ2v) is 5.25. The topological polar surface area (TPSA) is 17.8 Å². The molecule has 3 aromatic rings. The van der Waals surface area contributed by atoms with E-state index < -0.39 is 0 Å². The van der Waals surface area contributed by atoms with Crippen LogP contribution in [-0.4, -0.2) is 9.55 Å². The zero-order valence-electron chi connectivity index (χ0n) is 12.2. The Balaban J connectivity index is 2.04. The molecule has 0 aliphatic rings. The zero-order valence-corrected chi connectivity index (χ0v) is 12.2. The summed E-state index contributed by atoms with van der Waals surface area (Å²) in [5, 5.41) is 0. The number of nitrogens with zero attached hydrogens (tertiary/aromatic N) is 2. The van der Waals surface area contributed by atoms with E-state index in [1.807, 2.05) is 43.3 Å². The van der Waals surface area contributed by atoms with Gasteiger partial charge in [0.05, 0.1) is 11.0 Å². The Morgan fingerprint density at radius 2 is 1.76 bits per heavy atom. The first kappa shape index (κ1) is 13.4. The third-order valence-corrected chi connectivity index (χ3v) is 3.34. The van der Waals surface area contributed by atoms with Gasteiger partial charge in [-0.1, -0.05) is 60.7 Å². The van der Waals surface area contributed by atoms with Crippen molar-refractivity contribution in [2.75, 3.05) is 0 Å². The van der Waals surface area contributed by atoms with Crippen LogP contribution in [0.25, 0.3) is 23.2 Å². The lowest BCUT2D eigenvalue weighted by molar-refractivity contribution is 0.801. The van der Waals surface area contributed by atoms with Gasteiger partial charge in [-0.15, -0.1) is 0 Å². The minimum atomic E-state index is 0.787. The molecule has 2 nitrogen and oxygen atoms in total. The molecule has 0 fully saturated rings. The SMILES string of the molecule is C=C(C)Cn1c(C=Cc2ccccc2)nc2ccccc21. The van der Waals surface area contributed by atoms with Gasteiger partial charge in [0, 0.05) is 6.54 Å². The van der Waals surface area contributed by atoms with Crippen LogP contribution in [0.2, 0.25) is 0 Å². The Hall–Kier alpha value is -2.61. The third-order valence-electron chi connectivity index (χ3n) is 3.34. The minimum absolute atomic E-state index is 0.787. The lowest BCUT2D eigenvalue weighted by atomic mass is 10.2. The molecule has 3 rings (SSSR count). The van der Waals surface area contributed by atoms with Crippen LogP contribution in [0.4, 0.5) is 0 Å². The molecule has 1 heterocycles. The summed E-state index contributed by atoms with van der Waals surface area (Å²) >= 11 is 0. The Bertz CT molecular complexity index is 795. The van der Waals surface area contributed by atoms with Crippen molar-refractivity contribution < 1.29 is 0 Å². The summed E-state index contributed by atoms with van der Waals surface area (Å²) in [6.45, 7) is 6.85. The van der Waals surface area contributed by atoms with E-state index in [1.54, 1.807) is 0 Å². The molecule has 0 unspecified atom stereocenters. The van der Waals surface area contributed by atoms with Gasteiger partial charge in [0.25, 0.3) is 0 Å². The van der Waals surface area contributed by atoms with Crippen LogP contribution in [0.3, 0.4) is 0 Å². The quantitative estimate of drug-likeness (QED) is 0.626. The van der Waals surface area contributed by atoms with E-state index in [1.165, 1.54) is 5.56 Å². The predicted octanol–water partition coefficient (Wildman–Crippen LogP) is 4.78. The number of para-hydroxylation sites is 2. The number of hydrogen-bond donors (Lipinski definition) is 0. The fraction of sp³-hybridized carbons (Fsp3) is 0.105. The lowest BCUT2D eigenvalue weighted by Gasteiger charge is -2.06. The molecule has 0 bridgehead atoms. The van der Waals surface area contributed by atoms with Crippen molar-refractivity contribution in [2.24, 2.45) is 0 Å². The lowest BCUT2D eigenvalue weighted by Crippen LogP contribution is -2.00. The standard InChI is InChI=1S/C19H18N2/c1-15(2)14-21-18-11-7-6-10-17(18)20-19(21)13-12-16-8-4-3-5-9-16/h3-13H,1,14H2,2H3. The van der Waals surface area contributed by atoms with Crippen molar-refractivity contribution in [3.8, 4) is 0 Å². The van der Waals surface area contributed by atoms with Gasteiger partial charge < -0.3 is 4.57 Å². The van der Waals surface area contributed by atoms with E-state index in [-0.39, 0.29) is 0 Å². The number of hydrogen-bond acceptors (Lipinski definition) is 1. The van der Waals surface area contributed by atoms with Gasteiger partial charge in [0.15, 0.2) is 0 Å². The second-order valence-electron chi connectivity index (χ2n) is 5.25. The van der Waals surface area contributed by atoms with Crippen molar-refractivity contribution in [1.82, 2.24) is 9.55 Å². The molecule has 0 saturated carbocycles. The van der Waals surface area contributed by atoms with E-state index in [2.05, 4.69) is 41.5 Å². The van der Waals surface area contributed by atoms with E-state index in [4.69, 9.17) is 4.98 Å². The first-order chi connectivity index (χ1) is 10.2. The maximum atomic E-state index is 4.72. The summed E-state index contributed by atoms with van der Waals surface area (Å²) in [4.78, 5) is 4.72. The Labute approximate surface area is 125 Å². The maximum Gasteiger partial charge on any atom is 0.134 e. The Morgan fingerprint density at radius 3 is 2.52 bits per heavy atom. The van der Waals surface area contributed by atoms with Crippen molar-refractivity contribution in [2.45, 2.75) is 13.5 Å². The van der Waals surface area contributed by atoms with E-state index >= 15 is 0 Å². The smallest absolute Gasteiger partial charge is 0.134 e. The molecule has 0 saturated heterocycles. The van der Waals surface area contributed by atoms with Crippen molar-refractivity contribution in [1.29, 1.82) is 0 Å². The molecule has 2 heteroatoms. The third kappa shape index (κ3) is 2.95. The Morgan fingerprint density at radius 1 is 1.05 bits per heavy atom. The molecule has 0 aliphatic heterocycles. The summed E-state index contributed by atoms with van der Waals surface area (Å²) in [5.74, 6) is 0.961. The largest absolute Gasteiger partial charge is 0.320 e. The van der Waals surface area contributed by atoms with Crippen LogP contribution < -0.4 is 0 Å². The average Bonchev–Trinajstić information content (AvgIpc) is 2.84. The summed E-state index contributed by atoms with van der Waals surface area (Å²) in [5.41, 5.74) is 4.46.